The number of cyclic esters (lactones) is 1. The number of amides is 2. The Balaban J connectivity index is 1.51. The van der Waals surface area contributed by atoms with E-state index in [-0.39, 0.29) is 44.6 Å². The number of hydrogen-bond acceptors (Lipinski definition) is 7. The van der Waals surface area contributed by atoms with E-state index in [1.54, 1.807) is 11.0 Å². The molecule has 2 aromatic rings. The van der Waals surface area contributed by atoms with Crippen molar-refractivity contribution in [3.05, 3.63) is 83.9 Å². The maximum Gasteiger partial charge on any atom is 0.332 e. The van der Waals surface area contributed by atoms with Crippen molar-refractivity contribution in [2.24, 2.45) is 11.8 Å². The Bertz CT molecular complexity index is 1200. The van der Waals surface area contributed by atoms with Gasteiger partial charge in [0.15, 0.2) is 6.04 Å². The Morgan fingerprint density at radius 1 is 0.951 bits per heavy atom. The molecule has 218 valence electrons. The number of ether oxygens (including phenoxy) is 2. The van der Waals surface area contributed by atoms with Gasteiger partial charge in [0, 0.05) is 13.0 Å². The van der Waals surface area contributed by atoms with Crippen LogP contribution in [0.3, 0.4) is 0 Å². The average molecular weight is 563 g/mol. The van der Waals surface area contributed by atoms with E-state index in [4.69, 9.17) is 9.47 Å². The second-order valence-corrected chi connectivity index (χ2v) is 10.6. The number of rotatable bonds is 8. The summed E-state index contributed by atoms with van der Waals surface area (Å²) in [4.78, 5) is 54.3. The van der Waals surface area contributed by atoms with Gasteiger partial charge in [-0.3, -0.25) is 14.4 Å². The van der Waals surface area contributed by atoms with Crippen LogP contribution in [-0.2, 0) is 41.7 Å². The number of aliphatic hydroxyl groups excluding tert-OH is 1. The van der Waals surface area contributed by atoms with Gasteiger partial charge in [0.05, 0.1) is 24.5 Å². The molecule has 1 fully saturated rings. The monoisotopic (exact) mass is 562 g/mol. The summed E-state index contributed by atoms with van der Waals surface area (Å²) >= 11 is 0. The molecule has 2 aromatic carbocycles. The van der Waals surface area contributed by atoms with Crippen molar-refractivity contribution in [2.75, 3.05) is 19.8 Å². The maximum atomic E-state index is 13.4. The molecule has 9 nitrogen and oxygen atoms in total. The summed E-state index contributed by atoms with van der Waals surface area (Å²) in [5.74, 6) is -3.14. The molecule has 4 rings (SSSR count). The van der Waals surface area contributed by atoms with Crippen LogP contribution in [0.4, 0.5) is 0 Å². The van der Waals surface area contributed by atoms with Crippen LogP contribution in [0.1, 0.15) is 43.2 Å². The van der Waals surface area contributed by atoms with Gasteiger partial charge in [-0.25, -0.2) is 4.79 Å². The van der Waals surface area contributed by atoms with Crippen LogP contribution in [0, 0.1) is 11.8 Å². The number of benzene rings is 2. The fraction of sp³-hybridized carbons (Fsp3) is 0.438. The third-order valence-corrected chi connectivity index (χ3v) is 7.58. The van der Waals surface area contributed by atoms with Crippen molar-refractivity contribution in [1.82, 2.24) is 10.2 Å². The lowest BCUT2D eigenvalue weighted by Gasteiger charge is -2.26. The maximum absolute atomic E-state index is 13.4. The van der Waals surface area contributed by atoms with E-state index >= 15 is 0 Å². The number of nitrogens with zero attached hydrogens (tertiary/aromatic N) is 1. The highest BCUT2D eigenvalue weighted by molar-refractivity contribution is 5.89. The molecule has 1 saturated heterocycles. The molecular formula is C32H38N2O7. The zero-order valence-electron chi connectivity index (χ0n) is 23.2. The van der Waals surface area contributed by atoms with Crippen molar-refractivity contribution < 1.29 is 33.8 Å². The van der Waals surface area contributed by atoms with Crippen molar-refractivity contribution in [2.45, 2.75) is 57.2 Å². The van der Waals surface area contributed by atoms with E-state index in [1.807, 2.05) is 66.7 Å². The first-order valence-corrected chi connectivity index (χ1v) is 14.2. The van der Waals surface area contributed by atoms with E-state index in [9.17, 15) is 24.3 Å². The second-order valence-electron chi connectivity index (χ2n) is 10.6. The molecule has 2 aliphatic rings. The summed E-state index contributed by atoms with van der Waals surface area (Å²) in [6.45, 7) is 0.0388. The third kappa shape index (κ3) is 8.75. The van der Waals surface area contributed by atoms with Gasteiger partial charge in [0.2, 0.25) is 11.8 Å². The molecule has 0 spiro atoms. The highest BCUT2D eigenvalue weighted by Crippen LogP contribution is 2.22. The first-order valence-electron chi connectivity index (χ1n) is 14.2. The van der Waals surface area contributed by atoms with E-state index in [0.29, 0.717) is 19.4 Å². The number of hydrogen-bond donors (Lipinski definition) is 2. The molecule has 2 heterocycles. The van der Waals surface area contributed by atoms with Gasteiger partial charge < -0.3 is 24.8 Å². The number of aliphatic hydroxyl groups is 1. The van der Waals surface area contributed by atoms with Crippen molar-refractivity contribution in [1.29, 1.82) is 0 Å². The lowest BCUT2D eigenvalue weighted by Crippen LogP contribution is -2.49. The molecule has 0 saturated carbocycles. The fourth-order valence-corrected chi connectivity index (χ4v) is 5.22. The van der Waals surface area contributed by atoms with Crippen LogP contribution in [0.25, 0.3) is 0 Å². The Hall–Kier alpha value is -3.98. The van der Waals surface area contributed by atoms with Crippen molar-refractivity contribution >= 4 is 23.8 Å². The quantitative estimate of drug-likeness (QED) is 0.375. The van der Waals surface area contributed by atoms with Crippen molar-refractivity contribution in [3.63, 3.8) is 0 Å². The zero-order chi connectivity index (χ0) is 29.0. The SMILES string of the molecule is O=C1N[C@@H](C(=O)OCc2ccccc2)COC(=O)[C@H](Cc2ccccc2)CC=CC[C@@H]1CC(=O)N1CCC[C@H]1CO. The van der Waals surface area contributed by atoms with Gasteiger partial charge in [-0.05, 0) is 43.2 Å². The molecule has 2 N–H and O–H groups in total. The van der Waals surface area contributed by atoms with E-state index in [2.05, 4.69) is 5.32 Å². The predicted octanol–water partition coefficient (Wildman–Crippen LogP) is 2.96. The Labute approximate surface area is 240 Å². The fourth-order valence-electron chi connectivity index (χ4n) is 5.22. The summed E-state index contributed by atoms with van der Waals surface area (Å²) < 4.78 is 11.0. The van der Waals surface area contributed by atoms with E-state index in [0.717, 1.165) is 24.0 Å². The van der Waals surface area contributed by atoms with E-state index < -0.39 is 35.7 Å². The normalized spacial score (nSPS) is 23.6. The summed E-state index contributed by atoms with van der Waals surface area (Å²) in [6, 6.07) is 17.3. The van der Waals surface area contributed by atoms with Gasteiger partial charge in [-0.2, -0.15) is 0 Å². The van der Waals surface area contributed by atoms with Gasteiger partial charge in [-0.1, -0.05) is 72.8 Å². The van der Waals surface area contributed by atoms with Crippen LogP contribution < -0.4 is 5.32 Å². The summed E-state index contributed by atoms with van der Waals surface area (Å²) in [7, 11) is 0. The smallest absolute Gasteiger partial charge is 0.332 e. The standard InChI is InChI=1S/C32H38N2O7/c35-20-27-16-9-17-34(27)29(36)19-25-14-7-8-15-26(18-23-10-3-1-4-11-23)31(38)41-22-28(33-30(25)37)32(39)40-21-24-12-5-2-6-13-24/h1-8,10-13,25-28,35H,9,14-22H2,(H,33,37)/t25-,26+,27+,28-/m1/s1. The summed E-state index contributed by atoms with van der Waals surface area (Å²) in [6.07, 6.45) is 6.22. The number of allylic oxidation sites excluding steroid dienone is 2. The molecule has 4 atom stereocenters. The van der Waals surface area contributed by atoms with Crippen LogP contribution in [-0.4, -0.2) is 65.6 Å². The third-order valence-electron chi connectivity index (χ3n) is 7.58. The van der Waals surface area contributed by atoms with E-state index in [1.165, 1.54) is 0 Å². The lowest BCUT2D eigenvalue weighted by atomic mass is 9.94. The molecule has 0 bridgehead atoms. The van der Waals surface area contributed by atoms with Gasteiger partial charge in [0.1, 0.15) is 13.2 Å². The van der Waals surface area contributed by atoms with Gasteiger partial charge >= 0.3 is 11.9 Å². The minimum absolute atomic E-state index is 0.00121. The van der Waals surface area contributed by atoms with Crippen LogP contribution >= 0.6 is 0 Å². The number of likely N-dealkylation sites (tertiary alicyclic amines) is 1. The average Bonchev–Trinajstić information content (AvgIpc) is 3.48. The van der Waals surface area contributed by atoms with Gasteiger partial charge in [0.25, 0.3) is 0 Å². The highest BCUT2D eigenvalue weighted by Gasteiger charge is 2.34. The molecule has 0 radical (unpaired) electrons. The molecule has 2 aliphatic heterocycles. The zero-order valence-corrected chi connectivity index (χ0v) is 23.2. The minimum atomic E-state index is -1.23. The second kappa shape index (κ2) is 15.1. The Morgan fingerprint density at radius 2 is 1.61 bits per heavy atom. The molecule has 0 aromatic heterocycles. The van der Waals surface area contributed by atoms with Crippen molar-refractivity contribution in [3.8, 4) is 0 Å². The number of carbonyl (C=O) groups excluding carboxylic acids is 4. The van der Waals surface area contributed by atoms with Gasteiger partial charge in [-0.15, -0.1) is 0 Å². The molecule has 2 amide bonds. The molecule has 41 heavy (non-hydrogen) atoms. The number of carbonyl (C=O) groups is 4. The minimum Gasteiger partial charge on any atom is -0.463 e. The molecule has 0 aliphatic carbocycles. The molecule has 0 unspecified atom stereocenters. The Kier molecular flexibility index (Phi) is 11.1. The molecule has 9 heteroatoms. The summed E-state index contributed by atoms with van der Waals surface area (Å²) in [5.41, 5.74) is 1.76. The number of esters is 2. The first-order chi connectivity index (χ1) is 19.9. The summed E-state index contributed by atoms with van der Waals surface area (Å²) in [5, 5.41) is 12.3. The first kappa shape index (κ1) is 30.0. The van der Waals surface area contributed by atoms with Crippen LogP contribution in [0.15, 0.2) is 72.8 Å². The van der Waals surface area contributed by atoms with Crippen LogP contribution in [0.5, 0.6) is 0 Å². The number of nitrogens with one attached hydrogen (secondary N) is 1. The lowest BCUT2D eigenvalue weighted by molar-refractivity contribution is -0.157. The highest BCUT2D eigenvalue weighted by atomic mass is 16.6. The molecular weight excluding hydrogens is 524 g/mol. The van der Waals surface area contributed by atoms with Crippen LogP contribution in [0.2, 0.25) is 0 Å². The Morgan fingerprint density at radius 3 is 2.29 bits per heavy atom. The topological polar surface area (TPSA) is 122 Å². The predicted molar refractivity (Wildman–Crippen MR) is 151 cm³/mol. The largest absolute Gasteiger partial charge is 0.463 e.